The van der Waals surface area contributed by atoms with Crippen molar-refractivity contribution in [1.82, 2.24) is 9.88 Å². The molecule has 31 heavy (non-hydrogen) atoms. The molecule has 7 heteroatoms. The lowest BCUT2D eigenvalue weighted by atomic mass is 10.1. The summed E-state index contributed by atoms with van der Waals surface area (Å²) >= 11 is 0. The Labute approximate surface area is 185 Å². The highest BCUT2D eigenvalue weighted by atomic mass is 16.2. The first-order chi connectivity index (χ1) is 15.1. The second-order valence-corrected chi connectivity index (χ2v) is 8.59. The lowest BCUT2D eigenvalue weighted by molar-refractivity contribution is -0.115. The summed E-state index contributed by atoms with van der Waals surface area (Å²) in [4.78, 5) is 21.3. The maximum Gasteiger partial charge on any atom is 0.244 e. The molecule has 1 fully saturated rings. The zero-order valence-corrected chi connectivity index (χ0v) is 18.5. The summed E-state index contributed by atoms with van der Waals surface area (Å²) in [5.74, 6) is 1.08. The topological polar surface area (TPSA) is 86.5 Å². The number of nitrogens with zero attached hydrogens (tertiary/aromatic N) is 3. The molecule has 1 amide bonds. The molecular formula is C24H34N6O. The number of benzene rings is 1. The number of likely N-dealkylation sites (tertiary alicyclic amines) is 1. The highest BCUT2D eigenvalue weighted by Gasteiger charge is 2.25. The third-order valence-corrected chi connectivity index (χ3v) is 6.10. The zero-order chi connectivity index (χ0) is 21.6. The van der Waals surface area contributed by atoms with Gasteiger partial charge in [0.1, 0.15) is 11.5 Å². The summed E-state index contributed by atoms with van der Waals surface area (Å²) in [6.07, 6.45) is 5.70. The van der Waals surface area contributed by atoms with Crippen molar-refractivity contribution < 1.29 is 4.79 Å². The highest BCUT2D eigenvalue weighted by Crippen LogP contribution is 2.35. The van der Waals surface area contributed by atoms with Gasteiger partial charge in [-0.1, -0.05) is 37.6 Å². The zero-order valence-electron chi connectivity index (χ0n) is 18.5. The van der Waals surface area contributed by atoms with Crippen LogP contribution in [0.3, 0.4) is 0 Å². The first-order valence-corrected chi connectivity index (χ1v) is 11.5. The van der Waals surface area contributed by atoms with E-state index in [0.717, 1.165) is 50.4 Å². The molecule has 3 heterocycles. The summed E-state index contributed by atoms with van der Waals surface area (Å²) in [6.45, 7) is 7.57. The molecule has 0 radical (unpaired) electrons. The lowest BCUT2D eigenvalue weighted by Crippen LogP contribution is -2.40. The molecule has 0 saturated carbocycles. The van der Waals surface area contributed by atoms with Crippen LogP contribution < -0.4 is 21.3 Å². The minimum Gasteiger partial charge on any atom is -0.382 e. The first kappa shape index (κ1) is 21.4. The van der Waals surface area contributed by atoms with E-state index in [0.29, 0.717) is 18.1 Å². The molecule has 0 aliphatic carbocycles. The van der Waals surface area contributed by atoms with Gasteiger partial charge in [-0.05, 0) is 49.9 Å². The molecule has 2 aliphatic heterocycles. The van der Waals surface area contributed by atoms with Gasteiger partial charge in [-0.3, -0.25) is 9.69 Å². The quantitative estimate of drug-likeness (QED) is 0.537. The number of carbonyl (C=O) groups is 1. The minimum atomic E-state index is -0.0475. The molecule has 2 aromatic rings. The van der Waals surface area contributed by atoms with Crippen LogP contribution in [0.1, 0.15) is 43.7 Å². The number of aromatic nitrogens is 1. The SMILES string of the molecule is CCCCNc1cc2c(c(N)n1)NC(=O)CN2CCc1ccc(CN2CCCC2)cc1. The van der Waals surface area contributed by atoms with E-state index < -0.39 is 0 Å². The van der Waals surface area contributed by atoms with E-state index >= 15 is 0 Å². The average molecular weight is 423 g/mol. The van der Waals surface area contributed by atoms with Gasteiger partial charge in [0, 0.05) is 25.7 Å². The first-order valence-electron chi connectivity index (χ1n) is 11.5. The maximum atomic E-state index is 12.2. The van der Waals surface area contributed by atoms with Crippen LogP contribution in [0.15, 0.2) is 30.3 Å². The predicted molar refractivity (Wildman–Crippen MR) is 128 cm³/mol. The van der Waals surface area contributed by atoms with Gasteiger partial charge in [0.05, 0.1) is 12.2 Å². The Hall–Kier alpha value is -2.80. The number of amides is 1. The van der Waals surface area contributed by atoms with Crippen molar-refractivity contribution in [2.75, 3.05) is 54.0 Å². The fourth-order valence-corrected chi connectivity index (χ4v) is 4.32. The fraction of sp³-hybridized carbons (Fsp3) is 0.500. The fourth-order valence-electron chi connectivity index (χ4n) is 4.32. The number of hydrogen-bond donors (Lipinski definition) is 3. The van der Waals surface area contributed by atoms with Crippen LogP contribution in [0.2, 0.25) is 0 Å². The van der Waals surface area contributed by atoms with Crippen LogP contribution in [0.25, 0.3) is 0 Å². The third-order valence-electron chi connectivity index (χ3n) is 6.10. The van der Waals surface area contributed by atoms with Crippen LogP contribution in [0.5, 0.6) is 0 Å². The predicted octanol–water partition coefficient (Wildman–Crippen LogP) is 3.47. The number of unbranched alkanes of at least 4 members (excludes halogenated alkanes) is 1. The number of carbonyl (C=O) groups excluding carboxylic acids is 1. The standard InChI is InChI=1S/C24H34N6O/c1-2-3-11-26-21-15-20-23(24(25)27-21)28-22(31)17-30(20)14-10-18-6-8-19(9-7-18)16-29-12-4-5-13-29/h6-9,15H,2-5,10-14,16-17H2,1H3,(H,28,31)(H3,25,26,27). The van der Waals surface area contributed by atoms with E-state index in [2.05, 4.69) is 56.6 Å². The van der Waals surface area contributed by atoms with Crippen molar-refractivity contribution in [3.63, 3.8) is 0 Å². The highest BCUT2D eigenvalue weighted by molar-refractivity contribution is 6.04. The number of anilines is 4. The summed E-state index contributed by atoms with van der Waals surface area (Å²) in [5, 5.41) is 6.24. The van der Waals surface area contributed by atoms with Crippen molar-refractivity contribution >= 4 is 28.9 Å². The van der Waals surface area contributed by atoms with E-state index in [4.69, 9.17) is 5.73 Å². The number of rotatable bonds is 9. The molecule has 0 bridgehead atoms. The number of nitrogens with one attached hydrogen (secondary N) is 2. The average Bonchev–Trinajstić information content (AvgIpc) is 3.27. The molecule has 7 nitrogen and oxygen atoms in total. The third kappa shape index (κ3) is 5.47. The van der Waals surface area contributed by atoms with Crippen molar-refractivity contribution in [3.05, 3.63) is 41.5 Å². The molecule has 4 rings (SSSR count). The lowest BCUT2D eigenvalue weighted by Gasteiger charge is -2.32. The molecule has 166 valence electrons. The summed E-state index contributed by atoms with van der Waals surface area (Å²) in [7, 11) is 0. The molecule has 0 atom stereocenters. The molecule has 1 aromatic heterocycles. The van der Waals surface area contributed by atoms with Crippen molar-refractivity contribution in [1.29, 1.82) is 0 Å². The van der Waals surface area contributed by atoms with E-state index in [1.807, 2.05) is 6.07 Å². The van der Waals surface area contributed by atoms with Gasteiger partial charge < -0.3 is 21.3 Å². The van der Waals surface area contributed by atoms with Crippen molar-refractivity contribution in [3.8, 4) is 0 Å². The van der Waals surface area contributed by atoms with Gasteiger partial charge >= 0.3 is 0 Å². The smallest absolute Gasteiger partial charge is 0.244 e. The largest absolute Gasteiger partial charge is 0.382 e. The van der Waals surface area contributed by atoms with Gasteiger partial charge in [-0.2, -0.15) is 0 Å². The van der Waals surface area contributed by atoms with Crippen LogP contribution in [0.4, 0.5) is 23.0 Å². The van der Waals surface area contributed by atoms with Crippen LogP contribution in [-0.2, 0) is 17.8 Å². The molecule has 1 aromatic carbocycles. The van der Waals surface area contributed by atoms with E-state index in [1.54, 1.807) is 0 Å². The monoisotopic (exact) mass is 422 g/mol. The Morgan fingerprint density at radius 3 is 2.65 bits per heavy atom. The number of nitrogens with two attached hydrogens (primary N) is 1. The van der Waals surface area contributed by atoms with Crippen LogP contribution in [-0.4, -0.2) is 48.5 Å². The molecule has 2 aliphatic rings. The second-order valence-electron chi connectivity index (χ2n) is 8.59. The van der Waals surface area contributed by atoms with E-state index in [1.165, 1.54) is 37.1 Å². The Morgan fingerprint density at radius 1 is 1.16 bits per heavy atom. The second kappa shape index (κ2) is 10.0. The summed E-state index contributed by atoms with van der Waals surface area (Å²) in [6, 6.07) is 10.9. The van der Waals surface area contributed by atoms with Gasteiger partial charge in [-0.25, -0.2) is 4.98 Å². The van der Waals surface area contributed by atoms with Gasteiger partial charge in [0.15, 0.2) is 5.82 Å². The maximum absolute atomic E-state index is 12.2. The van der Waals surface area contributed by atoms with Crippen molar-refractivity contribution in [2.45, 2.75) is 45.6 Å². The Kier molecular flexibility index (Phi) is 6.92. The molecule has 4 N–H and O–H groups in total. The van der Waals surface area contributed by atoms with Gasteiger partial charge in [0.25, 0.3) is 0 Å². The van der Waals surface area contributed by atoms with Crippen LogP contribution >= 0.6 is 0 Å². The number of fused-ring (bicyclic) bond motifs is 1. The van der Waals surface area contributed by atoms with Crippen LogP contribution in [0, 0.1) is 0 Å². The van der Waals surface area contributed by atoms with Crippen molar-refractivity contribution in [2.24, 2.45) is 0 Å². The van der Waals surface area contributed by atoms with E-state index in [-0.39, 0.29) is 5.91 Å². The molecule has 1 saturated heterocycles. The normalized spacial score (nSPS) is 16.3. The number of pyridine rings is 1. The van der Waals surface area contributed by atoms with Gasteiger partial charge in [0.2, 0.25) is 5.91 Å². The summed E-state index contributed by atoms with van der Waals surface area (Å²) < 4.78 is 0. The molecule has 0 unspecified atom stereocenters. The minimum absolute atomic E-state index is 0.0475. The number of hydrogen-bond acceptors (Lipinski definition) is 6. The molecular weight excluding hydrogens is 388 g/mol. The molecule has 0 spiro atoms. The van der Waals surface area contributed by atoms with Gasteiger partial charge in [-0.15, -0.1) is 0 Å². The Morgan fingerprint density at radius 2 is 1.90 bits per heavy atom. The Balaban J connectivity index is 1.42. The van der Waals surface area contributed by atoms with E-state index in [9.17, 15) is 4.79 Å². The Bertz CT molecular complexity index is 892. The number of nitrogen functional groups attached to an aromatic ring is 1. The summed E-state index contributed by atoms with van der Waals surface area (Å²) in [5.41, 5.74) is 10.4.